The van der Waals surface area contributed by atoms with E-state index in [0.717, 1.165) is 5.56 Å². The molecule has 8 heteroatoms. The lowest BCUT2D eigenvalue weighted by molar-refractivity contribution is -0.385. The van der Waals surface area contributed by atoms with Crippen LogP contribution < -0.4 is 10.1 Å². The predicted molar refractivity (Wildman–Crippen MR) is 95.4 cm³/mol. The van der Waals surface area contributed by atoms with Gasteiger partial charge in [0.1, 0.15) is 0 Å². The largest absolute Gasteiger partial charge is 0.490 e. The molecule has 3 rings (SSSR count). The maximum Gasteiger partial charge on any atom is 0.311 e. The minimum absolute atomic E-state index is 0.0993. The second-order valence-electron chi connectivity index (χ2n) is 5.51. The number of hydrogen-bond acceptors (Lipinski definition) is 5. The number of nitrogens with zero attached hydrogens (tertiary/aromatic N) is 3. The Bertz CT molecular complexity index is 937. The molecule has 2 aromatic carbocycles. The van der Waals surface area contributed by atoms with Crippen LogP contribution in [0.25, 0.3) is 0 Å². The molecule has 0 spiro atoms. The SMILES string of the molecule is COc1ccc(C(=O)Nc2cnn(Cc3ccccc3)c2)cc1[N+](=O)[O-]. The zero-order valence-electron chi connectivity index (χ0n) is 14.0. The number of ether oxygens (including phenoxy) is 1. The lowest BCUT2D eigenvalue weighted by Crippen LogP contribution is -2.12. The Balaban J connectivity index is 1.72. The summed E-state index contributed by atoms with van der Waals surface area (Å²) in [5, 5.41) is 18.0. The fraction of sp³-hybridized carbons (Fsp3) is 0.111. The number of aromatic nitrogens is 2. The van der Waals surface area contributed by atoms with Gasteiger partial charge in [0, 0.05) is 17.8 Å². The smallest absolute Gasteiger partial charge is 0.311 e. The highest BCUT2D eigenvalue weighted by atomic mass is 16.6. The van der Waals surface area contributed by atoms with E-state index in [9.17, 15) is 14.9 Å². The van der Waals surface area contributed by atoms with Crippen molar-refractivity contribution < 1.29 is 14.5 Å². The summed E-state index contributed by atoms with van der Waals surface area (Å²) < 4.78 is 6.63. The van der Waals surface area contributed by atoms with Crippen LogP contribution in [0.3, 0.4) is 0 Å². The number of nitro benzene ring substituents is 1. The summed E-state index contributed by atoms with van der Waals surface area (Å²) in [5.41, 5.74) is 1.48. The van der Waals surface area contributed by atoms with Crippen LogP contribution in [-0.4, -0.2) is 27.7 Å². The molecule has 0 radical (unpaired) electrons. The molecule has 0 atom stereocenters. The number of carbonyl (C=O) groups excluding carboxylic acids is 1. The molecule has 3 aromatic rings. The van der Waals surface area contributed by atoms with Gasteiger partial charge in [-0.05, 0) is 17.7 Å². The van der Waals surface area contributed by atoms with Gasteiger partial charge in [-0.3, -0.25) is 19.6 Å². The average molecular weight is 352 g/mol. The standard InChI is InChI=1S/C18H16N4O4/c1-26-17-8-7-14(9-16(17)22(24)25)18(23)20-15-10-19-21(12-15)11-13-5-3-2-4-6-13/h2-10,12H,11H2,1H3,(H,20,23). The lowest BCUT2D eigenvalue weighted by atomic mass is 10.1. The van der Waals surface area contributed by atoms with E-state index in [1.165, 1.54) is 31.5 Å². The van der Waals surface area contributed by atoms with Gasteiger partial charge in [-0.2, -0.15) is 5.10 Å². The first kappa shape index (κ1) is 17.2. The number of nitrogens with one attached hydrogen (secondary N) is 1. The third-order valence-corrected chi connectivity index (χ3v) is 3.72. The third-order valence-electron chi connectivity index (χ3n) is 3.72. The van der Waals surface area contributed by atoms with Crippen molar-refractivity contribution in [2.75, 3.05) is 12.4 Å². The summed E-state index contributed by atoms with van der Waals surface area (Å²) in [6.45, 7) is 0.574. The molecular weight excluding hydrogens is 336 g/mol. The van der Waals surface area contributed by atoms with Crippen LogP contribution in [0.2, 0.25) is 0 Å². The molecule has 132 valence electrons. The van der Waals surface area contributed by atoms with Gasteiger partial charge in [-0.25, -0.2) is 0 Å². The molecule has 0 fully saturated rings. The molecule has 1 N–H and O–H groups in total. The molecule has 0 aliphatic heterocycles. The monoisotopic (exact) mass is 352 g/mol. The first-order valence-electron chi connectivity index (χ1n) is 7.77. The summed E-state index contributed by atoms with van der Waals surface area (Å²) in [6, 6.07) is 13.8. The average Bonchev–Trinajstić information content (AvgIpc) is 3.08. The van der Waals surface area contributed by atoms with E-state index in [1.807, 2.05) is 30.3 Å². The minimum Gasteiger partial charge on any atom is -0.490 e. The Labute approximate surface area is 149 Å². The third kappa shape index (κ3) is 3.86. The van der Waals surface area contributed by atoms with Gasteiger partial charge in [-0.1, -0.05) is 30.3 Å². The Morgan fingerprint density at radius 2 is 2.04 bits per heavy atom. The topological polar surface area (TPSA) is 99.3 Å². The summed E-state index contributed by atoms with van der Waals surface area (Å²) in [6.07, 6.45) is 3.22. The van der Waals surface area contributed by atoms with E-state index in [4.69, 9.17) is 4.74 Å². The Morgan fingerprint density at radius 3 is 2.73 bits per heavy atom. The summed E-state index contributed by atoms with van der Waals surface area (Å²) in [4.78, 5) is 22.8. The van der Waals surface area contributed by atoms with Crippen molar-refractivity contribution in [1.82, 2.24) is 9.78 Å². The summed E-state index contributed by atoms with van der Waals surface area (Å²) in [7, 11) is 1.34. The first-order chi connectivity index (χ1) is 12.6. The molecule has 0 aliphatic carbocycles. The number of benzene rings is 2. The highest BCUT2D eigenvalue weighted by Gasteiger charge is 2.18. The maximum absolute atomic E-state index is 12.3. The maximum atomic E-state index is 12.3. The number of methoxy groups -OCH3 is 1. The number of nitro groups is 1. The van der Waals surface area contributed by atoms with Crippen molar-refractivity contribution >= 4 is 17.3 Å². The van der Waals surface area contributed by atoms with Gasteiger partial charge in [0.05, 0.1) is 30.5 Å². The number of amides is 1. The van der Waals surface area contributed by atoms with Crippen molar-refractivity contribution in [3.8, 4) is 5.75 Å². The Hall–Kier alpha value is -3.68. The Morgan fingerprint density at radius 1 is 1.27 bits per heavy atom. The van der Waals surface area contributed by atoms with E-state index in [2.05, 4.69) is 10.4 Å². The second kappa shape index (κ2) is 7.47. The van der Waals surface area contributed by atoms with Gasteiger partial charge in [0.2, 0.25) is 0 Å². The highest BCUT2D eigenvalue weighted by molar-refractivity contribution is 6.04. The molecule has 0 bridgehead atoms. The Kier molecular flexibility index (Phi) is 4.93. The number of hydrogen-bond donors (Lipinski definition) is 1. The molecule has 1 heterocycles. The van der Waals surface area contributed by atoms with Crippen LogP contribution in [-0.2, 0) is 6.54 Å². The molecule has 8 nitrogen and oxygen atoms in total. The number of anilines is 1. The van der Waals surface area contributed by atoms with Crippen LogP contribution in [0.5, 0.6) is 5.75 Å². The predicted octanol–water partition coefficient (Wildman–Crippen LogP) is 3.10. The number of carbonyl (C=O) groups is 1. The lowest BCUT2D eigenvalue weighted by Gasteiger charge is -2.05. The molecule has 0 aliphatic rings. The van der Waals surface area contributed by atoms with E-state index in [1.54, 1.807) is 10.9 Å². The van der Waals surface area contributed by atoms with Crippen LogP contribution in [0.4, 0.5) is 11.4 Å². The van der Waals surface area contributed by atoms with Crippen LogP contribution in [0, 0.1) is 10.1 Å². The molecule has 26 heavy (non-hydrogen) atoms. The second-order valence-corrected chi connectivity index (χ2v) is 5.51. The van der Waals surface area contributed by atoms with Crippen LogP contribution in [0.15, 0.2) is 60.9 Å². The van der Waals surface area contributed by atoms with Crippen molar-refractivity contribution in [2.24, 2.45) is 0 Å². The minimum atomic E-state index is -0.590. The van der Waals surface area contributed by atoms with E-state index >= 15 is 0 Å². The van der Waals surface area contributed by atoms with Crippen LogP contribution in [0.1, 0.15) is 15.9 Å². The molecule has 0 saturated carbocycles. The van der Waals surface area contributed by atoms with Crippen molar-refractivity contribution in [3.63, 3.8) is 0 Å². The number of rotatable bonds is 6. The normalized spacial score (nSPS) is 10.3. The molecule has 1 amide bonds. The molecule has 1 aromatic heterocycles. The van der Waals surface area contributed by atoms with Crippen molar-refractivity contribution in [3.05, 3.63) is 82.2 Å². The van der Waals surface area contributed by atoms with Crippen molar-refractivity contribution in [2.45, 2.75) is 6.54 Å². The van der Waals surface area contributed by atoms with Gasteiger partial charge >= 0.3 is 5.69 Å². The van der Waals surface area contributed by atoms with Crippen molar-refractivity contribution in [1.29, 1.82) is 0 Å². The van der Waals surface area contributed by atoms with E-state index in [-0.39, 0.29) is 17.0 Å². The molecule has 0 unspecified atom stereocenters. The fourth-order valence-electron chi connectivity index (χ4n) is 2.46. The van der Waals surface area contributed by atoms with Gasteiger partial charge in [-0.15, -0.1) is 0 Å². The zero-order valence-corrected chi connectivity index (χ0v) is 14.0. The van der Waals surface area contributed by atoms with Gasteiger partial charge in [0.25, 0.3) is 5.91 Å². The van der Waals surface area contributed by atoms with E-state index in [0.29, 0.717) is 12.2 Å². The molecule has 0 saturated heterocycles. The fourth-order valence-corrected chi connectivity index (χ4v) is 2.46. The van der Waals surface area contributed by atoms with E-state index < -0.39 is 10.8 Å². The highest BCUT2D eigenvalue weighted by Crippen LogP contribution is 2.27. The summed E-state index contributed by atoms with van der Waals surface area (Å²) >= 11 is 0. The van der Waals surface area contributed by atoms with Crippen LogP contribution >= 0.6 is 0 Å². The zero-order chi connectivity index (χ0) is 18.5. The molecular formula is C18H16N4O4. The quantitative estimate of drug-likeness (QED) is 0.543. The van der Waals surface area contributed by atoms with Gasteiger partial charge in [0.15, 0.2) is 5.75 Å². The van der Waals surface area contributed by atoms with Gasteiger partial charge < -0.3 is 10.1 Å². The first-order valence-corrected chi connectivity index (χ1v) is 7.77. The summed E-state index contributed by atoms with van der Waals surface area (Å²) in [5.74, 6) is -0.364.